The molecule has 0 N–H and O–H groups in total. The maximum absolute atomic E-state index is 12.5. The lowest BCUT2D eigenvalue weighted by atomic mass is 9.84. The van der Waals surface area contributed by atoms with Gasteiger partial charge in [-0.3, -0.25) is 4.79 Å². The summed E-state index contributed by atoms with van der Waals surface area (Å²) in [5, 5.41) is 2.52. The molecule has 33 heavy (non-hydrogen) atoms. The molecule has 1 aliphatic carbocycles. The molecule has 2 heteroatoms. The zero-order valence-electron chi connectivity index (χ0n) is 21.0. The van der Waals surface area contributed by atoms with Gasteiger partial charge in [0.25, 0.3) is 0 Å². The first-order chi connectivity index (χ1) is 16.2. The van der Waals surface area contributed by atoms with E-state index in [1.807, 2.05) is 0 Å². The Morgan fingerprint density at radius 1 is 0.758 bits per heavy atom. The predicted octanol–water partition coefficient (Wildman–Crippen LogP) is 9.71. The lowest BCUT2D eigenvalue weighted by Crippen LogP contribution is -2.13. The first kappa shape index (κ1) is 25.5. The van der Waals surface area contributed by atoms with Crippen molar-refractivity contribution in [1.82, 2.24) is 0 Å². The average molecular weight is 449 g/mol. The molecule has 3 rings (SSSR count). The second-order valence-corrected chi connectivity index (χ2v) is 9.74. The summed E-state index contributed by atoms with van der Waals surface area (Å²) in [5.41, 5.74) is 3.82. The third kappa shape index (κ3) is 7.73. The Balaban J connectivity index is 1.57. The third-order valence-electron chi connectivity index (χ3n) is 6.98. The van der Waals surface area contributed by atoms with Crippen molar-refractivity contribution in [3.63, 3.8) is 0 Å². The summed E-state index contributed by atoms with van der Waals surface area (Å²) in [6.45, 7) is 4.44. The normalized spacial score (nSPS) is 15.0. The monoisotopic (exact) mass is 448 g/mol. The lowest BCUT2D eigenvalue weighted by molar-refractivity contribution is -0.147. The quantitative estimate of drug-likeness (QED) is 0.189. The molecule has 0 aromatic heterocycles. The highest BCUT2D eigenvalue weighted by molar-refractivity contribution is 5.98. The van der Waals surface area contributed by atoms with Crippen molar-refractivity contribution in [3.8, 4) is 0 Å². The van der Waals surface area contributed by atoms with Crippen LogP contribution in [0.4, 0.5) is 0 Å². The number of rotatable bonds is 16. The topological polar surface area (TPSA) is 26.3 Å². The fraction of sp³-hybridized carbons (Fsp3) is 0.581. The molecule has 1 unspecified atom stereocenters. The second-order valence-electron chi connectivity index (χ2n) is 9.74. The smallest absolute Gasteiger partial charge is 0.306 e. The Morgan fingerprint density at radius 3 is 2.06 bits per heavy atom. The van der Waals surface area contributed by atoms with E-state index < -0.39 is 0 Å². The summed E-state index contributed by atoms with van der Waals surface area (Å²) in [7, 11) is 0. The zero-order valence-corrected chi connectivity index (χ0v) is 21.0. The van der Waals surface area contributed by atoms with Crippen molar-refractivity contribution in [3.05, 3.63) is 53.6 Å². The first-order valence-corrected chi connectivity index (χ1v) is 13.7. The van der Waals surface area contributed by atoms with Crippen molar-refractivity contribution in [2.75, 3.05) is 0 Å². The number of carbonyl (C=O) groups excluding carboxylic acids is 1. The van der Waals surface area contributed by atoms with E-state index in [1.54, 1.807) is 0 Å². The van der Waals surface area contributed by atoms with Crippen LogP contribution >= 0.6 is 0 Å². The standard InChI is InChI=1S/C31H44O2/c1-3-5-7-8-9-10-11-12-13-15-18-26-24-29(33-30(32)23-14-6-4-2)28-22-17-20-25-19-16-21-27(26)31(25)28/h16-17,19-22,24,29H,3-15,18,23H2,1-2H3. The van der Waals surface area contributed by atoms with Crippen molar-refractivity contribution in [2.24, 2.45) is 0 Å². The molecule has 2 aromatic rings. The summed E-state index contributed by atoms with van der Waals surface area (Å²) < 4.78 is 6.00. The first-order valence-electron chi connectivity index (χ1n) is 13.7. The molecule has 0 saturated heterocycles. The number of esters is 1. The van der Waals surface area contributed by atoms with E-state index in [2.05, 4.69) is 56.3 Å². The molecule has 1 atom stereocenters. The van der Waals surface area contributed by atoms with E-state index in [1.165, 1.54) is 86.1 Å². The van der Waals surface area contributed by atoms with Gasteiger partial charge < -0.3 is 4.74 Å². The van der Waals surface area contributed by atoms with Crippen LogP contribution in [0, 0.1) is 0 Å². The Bertz CT molecular complexity index is 890. The Morgan fingerprint density at radius 2 is 1.36 bits per heavy atom. The second kappa shape index (κ2) is 14.2. The van der Waals surface area contributed by atoms with Crippen molar-refractivity contribution in [1.29, 1.82) is 0 Å². The highest BCUT2D eigenvalue weighted by Crippen LogP contribution is 2.41. The zero-order chi connectivity index (χ0) is 23.3. The maximum atomic E-state index is 12.5. The number of ether oxygens (including phenoxy) is 1. The molecule has 2 aromatic carbocycles. The van der Waals surface area contributed by atoms with Crippen LogP contribution in [0.5, 0.6) is 0 Å². The fourth-order valence-corrected chi connectivity index (χ4v) is 5.08. The van der Waals surface area contributed by atoms with E-state index in [0.717, 1.165) is 31.2 Å². The lowest BCUT2D eigenvalue weighted by Gasteiger charge is -2.25. The SMILES string of the molecule is CCCCCCCCCCCCC1=CC(OC(=O)CCCCC)c2cccc3cccc1c23. The fourth-order valence-electron chi connectivity index (χ4n) is 5.08. The molecule has 0 amide bonds. The van der Waals surface area contributed by atoms with E-state index in [9.17, 15) is 4.79 Å². The van der Waals surface area contributed by atoms with Crippen LogP contribution < -0.4 is 0 Å². The van der Waals surface area contributed by atoms with E-state index >= 15 is 0 Å². The van der Waals surface area contributed by atoms with Crippen molar-refractivity contribution < 1.29 is 9.53 Å². The highest BCUT2D eigenvalue weighted by Gasteiger charge is 2.24. The number of unbranched alkanes of at least 4 members (excludes halogenated alkanes) is 11. The summed E-state index contributed by atoms with van der Waals surface area (Å²) in [5.74, 6) is -0.0700. The summed E-state index contributed by atoms with van der Waals surface area (Å²) in [6.07, 6.45) is 20.2. The van der Waals surface area contributed by atoms with Gasteiger partial charge in [-0.15, -0.1) is 0 Å². The van der Waals surface area contributed by atoms with Crippen LogP contribution in [0.2, 0.25) is 0 Å². The molecule has 0 bridgehead atoms. The van der Waals surface area contributed by atoms with Crippen LogP contribution in [0.3, 0.4) is 0 Å². The van der Waals surface area contributed by atoms with Gasteiger partial charge in [-0.2, -0.15) is 0 Å². The van der Waals surface area contributed by atoms with Gasteiger partial charge in [0.2, 0.25) is 0 Å². The third-order valence-corrected chi connectivity index (χ3v) is 6.98. The van der Waals surface area contributed by atoms with Gasteiger partial charge in [-0.05, 0) is 47.2 Å². The van der Waals surface area contributed by atoms with Gasteiger partial charge in [-0.1, -0.05) is 121 Å². The Hall–Kier alpha value is -2.09. The molecule has 180 valence electrons. The largest absolute Gasteiger partial charge is 0.453 e. The number of benzene rings is 2. The Labute approximate surface area is 201 Å². The average Bonchev–Trinajstić information content (AvgIpc) is 2.83. The minimum atomic E-state index is -0.254. The highest BCUT2D eigenvalue weighted by atomic mass is 16.5. The van der Waals surface area contributed by atoms with E-state index in [4.69, 9.17) is 4.74 Å². The molecule has 0 radical (unpaired) electrons. The molecule has 0 saturated carbocycles. The molecule has 0 heterocycles. The molecular weight excluding hydrogens is 404 g/mol. The number of hydrogen-bond donors (Lipinski definition) is 0. The van der Waals surface area contributed by atoms with Crippen LogP contribution in [-0.4, -0.2) is 5.97 Å². The minimum Gasteiger partial charge on any atom is -0.453 e. The van der Waals surface area contributed by atoms with Gasteiger partial charge in [0.05, 0.1) is 0 Å². The van der Waals surface area contributed by atoms with Gasteiger partial charge in [0.15, 0.2) is 0 Å². The van der Waals surface area contributed by atoms with Crippen LogP contribution in [0.15, 0.2) is 42.5 Å². The van der Waals surface area contributed by atoms with Crippen LogP contribution in [-0.2, 0) is 9.53 Å². The van der Waals surface area contributed by atoms with Crippen LogP contribution in [0.1, 0.15) is 127 Å². The molecule has 0 fully saturated rings. The maximum Gasteiger partial charge on any atom is 0.306 e. The minimum absolute atomic E-state index is 0.0700. The van der Waals surface area contributed by atoms with Gasteiger partial charge in [0, 0.05) is 12.0 Å². The van der Waals surface area contributed by atoms with Gasteiger partial charge >= 0.3 is 5.97 Å². The summed E-state index contributed by atoms with van der Waals surface area (Å²) >= 11 is 0. The summed E-state index contributed by atoms with van der Waals surface area (Å²) in [4.78, 5) is 12.5. The molecule has 0 aliphatic heterocycles. The van der Waals surface area contributed by atoms with Crippen molar-refractivity contribution >= 4 is 22.3 Å². The van der Waals surface area contributed by atoms with Crippen LogP contribution in [0.25, 0.3) is 16.3 Å². The van der Waals surface area contributed by atoms with Crippen molar-refractivity contribution in [2.45, 2.75) is 116 Å². The predicted molar refractivity (Wildman–Crippen MR) is 141 cm³/mol. The van der Waals surface area contributed by atoms with Gasteiger partial charge in [0.1, 0.15) is 6.10 Å². The molecule has 0 spiro atoms. The summed E-state index contributed by atoms with van der Waals surface area (Å²) in [6, 6.07) is 13.0. The van der Waals surface area contributed by atoms with E-state index in [0.29, 0.717) is 6.42 Å². The van der Waals surface area contributed by atoms with E-state index in [-0.39, 0.29) is 12.1 Å². The van der Waals surface area contributed by atoms with Gasteiger partial charge in [-0.25, -0.2) is 0 Å². The molecular formula is C31H44O2. The molecule has 1 aliphatic rings. The Kier molecular flexibility index (Phi) is 11.0. The number of hydrogen-bond acceptors (Lipinski definition) is 2. The molecule has 2 nitrogen and oxygen atoms in total. The number of allylic oxidation sites excluding steroid dienone is 1. The number of carbonyl (C=O) groups is 1.